The Bertz CT molecular complexity index is 965. The molecule has 1 atom stereocenters. The summed E-state index contributed by atoms with van der Waals surface area (Å²) in [5, 5.41) is 3.40. The summed E-state index contributed by atoms with van der Waals surface area (Å²) in [6, 6.07) is 20.3. The second-order valence-electron chi connectivity index (χ2n) is 11.0. The van der Waals surface area contributed by atoms with Crippen LogP contribution in [0.1, 0.15) is 48.8 Å². The van der Waals surface area contributed by atoms with Crippen molar-refractivity contribution >= 4 is 5.91 Å². The molecule has 2 aromatic carbocycles. The predicted octanol–water partition coefficient (Wildman–Crippen LogP) is 4.12. The molecule has 4 nitrogen and oxygen atoms in total. The Kier molecular flexibility index (Phi) is 5.54. The van der Waals surface area contributed by atoms with E-state index in [0.717, 1.165) is 52.1 Å². The van der Waals surface area contributed by atoms with Crippen molar-refractivity contribution in [1.82, 2.24) is 10.2 Å². The lowest BCUT2D eigenvalue weighted by Crippen LogP contribution is -2.46. The standard InChI is InChI=1S/C29H36N2O2/c32-27(30-21-29(12-16-33-17-13-29)24-8-2-1-3-9-24)26-20-28(26)10-14-31(15-11-28)25-18-22-6-4-5-7-23(22)19-25/h1-9,25-26H,10-21H2,(H,30,32). The number of piperidine rings is 1. The first-order valence-corrected chi connectivity index (χ1v) is 12.9. The van der Waals surface area contributed by atoms with E-state index in [-0.39, 0.29) is 16.7 Å². The van der Waals surface area contributed by atoms with Crippen molar-refractivity contribution in [2.75, 3.05) is 32.8 Å². The van der Waals surface area contributed by atoms with E-state index in [1.54, 1.807) is 0 Å². The summed E-state index contributed by atoms with van der Waals surface area (Å²) >= 11 is 0. The third kappa shape index (κ3) is 4.02. The highest BCUT2D eigenvalue weighted by Gasteiger charge is 2.58. The van der Waals surface area contributed by atoms with Crippen molar-refractivity contribution < 1.29 is 9.53 Å². The zero-order valence-corrected chi connectivity index (χ0v) is 19.6. The van der Waals surface area contributed by atoms with Gasteiger partial charge in [0.2, 0.25) is 5.91 Å². The van der Waals surface area contributed by atoms with Crippen molar-refractivity contribution in [3.05, 3.63) is 71.3 Å². The lowest BCUT2D eigenvalue weighted by Gasteiger charge is -2.38. The third-order valence-corrected chi connectivity index (χ3v) is 9.28. The molecule has 3 fully saturated rings. The van der Waals surface area contributed by atoms with E-state index in [1.807, 2.05) is 0 Å². The smallest absolute Gasteiger partial charge is 0.223 e. The molecule has 2 aromatic rings. The summed E-state index contributed by atoms with van der Waals surface area (Å²) in [4.78, 5) is 15.9. The lowest BCUT2D eigenvalue weighted by molar-refractivity contribution is -0.124. The van der Waals surface area contributed by atoms with Crippen molar-refractivity contribution in [3.8, 4) is 0 Å². The normalized spacial score (nSPS) is 26.1. The first-order valence-electron chi connectivity index (χ1n) is 12.9. The van der Waals surface area contributed by atoms with Gasteiger partial charge in [-0.15, -0.1) is 0 Å². The molecule has 0 bridgehead atoms. The van der Waals surface area contributed by atoms with Gasteiger partial charge in [-0.2, -0.15) is 0 Å². The molecule has 2 heterocycles. The molecule has 1 N–H and O–H groups in total. The Morgan fingerprint density at radius 1 is 0.909 bits per heavy atom. The van der Waals surface area contributed by atoms with Crippen LogP contribution in [0.2, 0.25) is 0 Å². The molecule has 1 saturated carbocycles. The number of nitrogens with zero attached hydrogens (tertiary/aromatic N) is 1. The molecule has 2 saturated heterocycles. The van der Waals surface area contributed by atoms with Crippen LogP contribution in [0.25, 0.3) is 0 Å². The van der Waals surface area contributed by atoms with Gasteiger partial charge >= 0.3 is 0 Å². The highest BCUT2D eigenvalue weighted by Crippen LogP contribution is 2.59. The molecule has 2 aliphatic carbocycles. The number of carbonyl (C=O) groups is 1. The van der Waals surface area contributed by atoms with Gasteiger partial charge in [-0.1, -0.05) is 54.6 Å². The van der Waals surface area contributed by atoms with E-state index in [4.69, 9.17) is 4.74 Å². The summed E-state index contributed by atoms with van der Waals surface area (Å²) in [6.07, 6.45) is 7.78. The number of amides is 1. The number of nitrogens with one attached hydrogen (secondary N) is 1. The molecular formula is C29H36N2O2. The van der Waals surface area contributed by atoms with Gasteiger partial charge in [-0.25, -0.2) is 0 Å². The second-order valence-corrected chi connectivity index (χ2v) is 11.0. The topological polar surface area (TPSA) is 41.6 Å². The van der Waals surface area contributed by atoms with Crippen LogP contribution in [-0.2, 0) is 27.8 Å². The summed E-state index contributed by atoms with van der Waals surface area (Å²) < 4.78 is 5.66. The Labute approximate surface area is 197 Å². The SMILES string of the molecule is O=C(NCC1(c2ccccc2)CCOCC1)C1CC12CCN(C1Cc3ccccc3C1)CC2. The van der Waals surface area contributed by atoms with E-state index in [1.165, 1.54) is 42.4 Å². The predicted molar refractivity (Wildman–Crippen MR) is 130 cm³/mol. The maximum atomic E-state index is 13.2. The number of benzene rings is 2. The number of hydrogen-bond acceptors (Lipinski definition) is 3. The summed E-state index contributed by atoms with van der Waals surface area (Å²) in [5.41, 5.74) is 4.68. The van der Waals surface area contributed by atoms with Crippen LogP contribution in [0.3, 0.4) is 0 Å². The monoisotopic (exact) mass is 444 g/mol. The number of fused-ring (bicyclic) bond motifs is 1. The third-order valence-electron chi connectivity index (χ3n) is 9.28. The molecule has 0 radical (unpaired) electrons. The molecule has 1 unspecified atom stereocenters. The van der Waals surface area contributed by atoms with Crippen LogP contribution < -0.4 is 5.32 Å². The molecule has 1 spiro atoms. The highest BCUT2D eigenvalue weighted by molar-refractivity contribution is 5.82. The van der Waals surface area contributed by atoms with E-state index in [0.29, 0.717) is 11.9 Å². The number of likely N-dealkylation sites (tertiary alicyclic amines) is 1. The Balaban J connectivity index is 1.04. The molecule has 4 heteroatoms. The molecule has 1 amide bonds. The van der Waals surface area contributed by atoms with Crippen molar-refractivity contribution in [1.29, 1.82) is 0 Å². The fraction of sp³-hybridized carbons (Fsp3) is 0.552. The van der Waals surface area contributed by atoms with E-state index < -0.39 is 0 Å². The largest absolute Gasteiger partial charge is 0.381 e. The molecule has 2 aliphatic heterocycles. The summed E-state index contributed by atoms with van der Waals surface area (Å²) in [7, 11) is 0. The van der Waals surface area contributed by atoms with Crippen LogP contribution in [0.4, 0.5) is 0 Å². The lowest BCUT2D eigenvalue weighted by atomic mass is 9.74. The molecule has 33 heavy (non-hydrogen) atoms. The second kappa shape index (κ2) is 8.56. The Morgan fingerprint density at radius 2 is 1.55 bits per heavy atom. The maximum absolute atomic E-state index is 13.2. The Morgan fingerprint density at radius 3 is 2.21 bits per heavy atom. The zero-order valence-electron chi connectivity index (χ0n) is 19.6. The Hall–Kier alpha value is -2.17. The summed E-state index contributed by atoms with van der Waals surface area (Å²) in [5.74, 6) is 0.506. The van der Waals surface area contributed by atoms with Gasteiger partial charge in [-0.05, 0) is 80.1 Å². The van der Waals surface area contributed by atoms with Gasteiger partial charge in [0, 0.05) is 37.1 Å². The number of hydrogen-bond donors (Lipinski definition) is 1. The van der Waals surface area contributed by atoms with Crippen LogP contribution >= 0.6 is 0 Å². The zero-order chi connectivity index (χ0) is 22.3. The van der Waals surface area contributed by atoms with E-state index in [9.17, 15) is 4.79 Å². The minimum atomic E-state index is 0.0120. The van der Waals surface area contributed by atoms with E-state index >= 15 is 0 Å². The van der Waals surface area contributed by atoms with Gasteiger partial charge in [-0.3, -0.25) is 9.69 Å². The van der Waals surface area contributed by atoms with Crippen LogP contribution in [0, 0.1) is 11.3 Å². The number of carbonyl (C=O) groups excluding carboxylic acids is 1. The summed E-state index contributed by atoms with van der Waals surface area (Å²) in [6.45, 7) is 4.58. The van der Waals surface area contributed by atoms with Gasteiger partial charge in [0.05, 0.1) is 0 Å². The van der Waals surface area contributed by atoms with Gasteiger partial charge in [0.1, 0.15) is 0 Å². The quantitative estimate of drug-likeness (QED) is 0.754. The highest BCUT2D eigenvalue weighted by atomic mass is 16.5. The average molecular weight is 445 g/mol. The molecule has 4 aliphatic rings. The number of rotatable bonds is 5. The fourth-order valence-electron chi connectivity index (χ4n) is 6.90. The van der Waals surface area contributed by atoms with Crippen molar-refractivity contribution in [2.24, 2.45) is 11.3 Å². The average Bonchev–Trinajstić information content (AvgIpc) is 3.39. The number of ether oxygens (including phenoxy) is 1. The van der Waals surface area contributed by atoms with Gasteiger partial charge in [0.15, 0.2) is 0 Å². The van der Waals surface area contributed by atoms with Gasteiger partial charge in [0.25, 0.3) is 0 Å². The molecule has 0 aromatic heterocycles. The first-order chi connectivity index (χ1) is 16.2. The minimum Gasteiger partial charge on any atom is -0.381 e. The first kappa shape index (κ1) is 21.4. The van der Waals surface area contributed by atoms with Crippen LogP contribution in [0.15, 0.2) is 54.6 Å². The van der Waals surface area contributed by atoms with Crippen LogP contribution in [-0.4, -0.2) is 49.7 Å². The molecular weight excluding hydrogens is 408 g/mol. The van der Waals surface area contributed by atoms with Crippen LogP contribution in [0.5, 0.6) is 0 Å². The van der Waals surface area contributed by atoms with E-state index in [2.05, 4.69) is 64.8 Å². The van der Waals surface area contributed by atoms with Crippen molar-refractivity contribution in [3.63, 3.8) is 0 Å². The fourth-order valence-corrected chi connectivity index (χ4v) is 6.90. The minimum absolute atomic E-state index is 0.0120. The molecule has 6 rings (SSSR count). The maximum Gasteiger partial charge on any atom is 0.223 e. The molecule has 174 valence electrons. The van der Waals surface area contributed by atoms with Gasteiger partial charge < -0.3 is 10.1 Å². The van der Waals surface area contributed by atoms with Crippen molar-refractivity contribution in [2.45, 2.75) is 56.4 Å².